The van der Waals surface area contributed by atoms with Gasteiger partial charge in [0, 0.05) is 13.1 Å². The molecule has 1 aliphatic rings. The van der Waals surface area contributed by atoms with E-state index in [9.17, 15) is 9.18 Å². The fourth-order valence-corrected chi connectivity index (χ4v) is 3.51. The maximum Gasteiger partial charge on any atom is 0.407 e. The maximum absolute atomic E-state index is 13.8. The number of carbonyl (C=O) groups is 1. The molecular formula is C19H28FNO3Si. The molecule has 0 fully saturated rings. The van der Waals surface area contributed by atoms with E-state index in [0.717, 1.165) is 16.7 Å². The average molecular weight is 366 g/mol. The summed E-state index contributed by atoms with van der Waals surface area (Å²) in [6, 6.07) is 4.77. The zero-order valence-electron chi connectivity index (χ0n) is 15.7. The van der Waals surface area contributed by atoms with Crippen molar-refractivity contribution in [3.63, 3.8) is 0 Å². The Hall–Kier alpha value is -1.66. The van der Waals surface area contributed by atoms with Gasteiger partial charge in [-0.05, 0) is 53.4 Å². The lowest BCUT2D eigenvalue weighted by molar-refractivity contribution is 0.150. The van der Waals surface area contributed by atoms with Crippen LogP contribution in [-0.2, 0) is 11.0 Å². The van der Waals surface area contributed by atoms with E-state index in [0.29, 0.717) is 26.1 Å². The number of hydrogen-bond acceptors (Lipinski definition) is 2. The quantitative estimate of drug-likeness (QED) is 0.754. The van der Waals surface area contributed by atoms with Gasteiger partial charge in [-0.15, -0.1) is 0 Å². The van der Waals surface area contributed by atoms with Gasteiger partial charge in [-0.1, -0.05) is 32.9 Å². The lowest BCUT2D eigenvalue weighted by Gasteiger charge is -2.36. The van der Waals surface area contributed by atoms with Gasteiger partial charge in [0.15, 0.2) is 8.32 Å². The molecule has 1 N–H and O–H groups in total. The second-order valence-corrected chi connectivity index (χ2v) is 12.9. The van der Waals surface area contributed by atoms with Crippen LogP contribution in [-0.4, -0.2) is 37.5 Å². The van der Waals surface area contributed by atoms with Crippen molar-refractivity contribution in [2.75, 3.05) is 13.1 Å². The van der Waals surface area contributed by atoms with Crippen LogP contribution in [0.25, 0.3) is 5.57 Å². The molecule has 6 heteroatoms. The molecular weight excluding hydrogens is 337 g/mol. The van der Waals surface area contributed by atoms with Crippen molar-refractivity contribution in [1.29, 1.82) is 0 Å². The molecule has 1 aliphatic heterocycles. The van der Waals surface area contributed by atoms with E-state index in [1.807, 2.05) is 6.08 Å². The second kappa shape index (κ2) is 7.29. The molecule has 1 amide bonds. The van der Waals surface area contributed by atoms with Gasteiger partial charge in [-0.2, -0.15) is 0 Å². The molecule has 138 valence electrons. The number of amides is 1. The summed E-state index contributed by atoms with van der Waals surface area (Å²) in [5.41, 5.74) is 2.86. The van der Waals surface area contributed by atoms with Crippen LogP contribution in [0.2, 0.25) is 18.1 Å². The van der Waals surface area contributed by atoms with Gasteiger partial charge < -0.3 is 14.4 Å². The van der Waals surface area contributed by atoms with Crippen LogP contribution >= 0.6 is 0 Å². The van der Waals surface area contributed by atoms with Crippen LogP contribution in [0.3, 0.4) is 0 Å². The highest BCUT2D eigenvalue weighted by molar-refractivity contribution is 6.74. The van der Waals surface area contributed by atoms with Crippen molar-refractivity contribution >= 4 is 20.0 Å². The summed E-state index contributed by atoms with van der Waals surface area (Å²) in [5.74, 6) is -0.277. The summed E-state index contributed by atoms with van der Waals surface area (Å²) < 4.78 is 20.1. The van der Waals surface area contributed by atoms with Gasteiger partial charge >= 0.3 is 6.09 Å². The number of hydrogen-bond donors (Lipinski definition) is 1. The number of halogens is 1. The maximum atomic E-state index is 13.8. The molecule has 0 atom stereocenters. The Morgan fingerprint density at radius 1 is 1.36 bits per heavy atom. The third kappa shape index (κ3) is 4.70. The Morgan fingerprint density at radius 2 is 2.04 bits per heavy atom. The van der Waals surface area contributed by atoms with Gasteiger partial charge in [-0.25, -0.2) is 9.18 Å². The topological polar surface area (TPSA) is 49.8 Å². The lowest BCUT2D eigenvalue weighted by Crippen LogP contribution is -2.40. The molecule has 1 aromatic rings. The predicted octanol–water partition coefficient (Wildman–Crippen LogP) is 5.11. The van der Waals surface area contributed by atoms with Crippen LogP contribution < -0.4 is 0 Å². The summed E-state index contributed by atoms with van der Waals surface area (Å²) in [6.07, 6.45) is 1.64. The van der Waals surface area contributed by atoms with Gasteiger partial charge in [0.2, 0.25) is 0 Å². The van der Waals surface area contributed by atoms with Crippen molar-refractivity contribution in [1.82, 2.24) is 4.90 Å². The summed E-state index contributed by atoms with van der Waals surface area (Å²) in [7, 11) is -1.93. The van der Waals surface area contributed by atoms with Crippen LogP contribution in [0.15, 0.2) is 24.3 Å². The minimum absolute atomic E-state index is 0.0899. The smallest absolute Gasteiger partial charge is 0.407 e. The standard InChI is InChI=1S/C19H28FNO3Si/c1-19(2,3)25(4,5)24-13-15-12-16(20)6-7-17(15)14-8-10-21(11-9-14)18(22)23/h6-8,12H,9-11,13H2,1-5H3,(H,22,23). The van der Waals surface area contributed by atoms with Crippen molar-refractivity contribution in [2.24, 2.45) is 0 Å². The summed E-state index contributed by atoms with van der Waals surface area (Å²) >= 11 is 0. The van der Waals surface area contributed by atoms with Crippen LogP contribution in [0, 0.1) is 5.82 Å². The Labute approximate surface area is 150 Å². The molecule has 1 aromatic carbocycles. The van der Waals surface area contributed by atoms with Gasteiger partial charge in [0.05, 0.1) is 6.61 Å². The average Bonchev–Trinajstić information content (AvgIpc) is 2.52. The molecule has 1 heterocycles. The fraction of sp³-hybridized carbons (Fsp3) is 0.526. The Bertz CT molecular complexity index is 680. The number of carboxylic acid groups (broad SMARTS) is 1. The first-order chi connectivity index (χ1) is 11.5. The Morgan fingerprint density at radius 3 is 2.56 bits per heavy atom. The van der Waals surface area contributed by atoms with E-state index >= 15 is 0 Å². The third-order valence-electron chi connectivity index (χ3n) is 5.29. The zero-order chi connectivity index (χ0) is 18.8. The van der Waals surface area contributed by atoms with E-state index in [-0.39, 0.29) is 10.9 Å². The van der Waals surface area contributed by atoms with Crippen LogP contribution in [0.4, 0.5) is 9.18 Å². The SMILES string of the molecule is CC(C)(C)[Si](C)(C)OCc1cc(F)ccc1C1=CCN(C(=O)O)CC1. The van der Waals surface area contributed by atoms with Crippen LogP contribution in [0.1, 0.15) is 38.3 Å². The van der Waals surface area contributed by atoms with E-state index < -0.39 is 14.4 Å². The lowest BCUT2D eigenvalue weighted by atomic mass is 9.95. The second-order valence-electron chi connectivity index (χ2n) is 8.06. The van der Waals surface area contributed by atoms with E-state index in [2.05, 4.69) is 33.9 Å². The van der Waals surface area contributed by atoms with Crippen LogP contribution in [0.5, 0.6) is 0 Å². The van der Waals surface area contributed by atoms with E-state index in [1.165, 1.54) is 17.0 Å². The molecule has 0 radical (unpaired) electrons. The first kappa shape index (κ1) is 19.7. The first-order valence-electron chi connectivity index (χ1n) is 8.61. The van der Waals surface area contributed by atoms with Gasteiger partial charge in [-0.3, -0.25) is 0 Å². The molecule has 0 saturated heterocycles. The molecule has 25 heavy (non-hydrogen) atoms. The summed E-state index contributed by atoms with van der Waals surface area (Å²) in [5, 5.41) is 9.16. The molecule has 0 saturated carbocycles. The first-order valence-corrected chi connectivity index (χ1v) is 11.5. The highest BCUT2D eigenvalue weighted by Crippen LogP contribution is 2.37. The largest absolute Gasteiger partial charge is 0.465 e. The fourth-order valence-electron chi connectivity index (χ4n) is 2.56. The summed E-state index contributed by atoms with van der Waals surface area (Å²) in [6.45, 7) is 12.1. The molecule has 0 bridgehead atoms. The molecule has 0 unspecified atom stereocenters. The monoisotopic (exact) mass is 365 g/mol. The zero-order valence-corrected chi connectivity index (χ0v) is 16.7. The highest BCUT2D eigenvalue weighted by atomic mass is 28.4. The Kier molecular flexibility index (Phi) is 5.74. The number of nitrogens with zero attached hydrogens (tertiary/aromatic N) is 1. The van der Waals surface area contributed by atoms with Crippen molar-refractivity contribution in [3.8, 4) is 0 Å². The predicted molar refractivity (Wildman–Crippen MR) is 101 cm³/mol. The van der Waals surface area contributed by atoms with Crippen molar-refractivity contribution in [3.05, 3.63) is 41.2 Å². The Balaban J connectivity index is 2.23. The number of benzene rings is 1. The minimum Gasteiger partial charge on any atom is -0.465 e. The van der Waals surface area contributed by atoms with Crippen molar-refractivity contribution < 1.29 is 18.7 Å². The van der Waals surface area contributed by atoms with Gasteiger partial charge in [0.1, 0.15) is 5.82 Å². The molecule has 0 aromatic heterocycles. The minimum atomic E-state index is -1.93. The number of rotatable bonds is 4. The highest BCUT2D eigenvalue weighted by Gasteiger charge is 2.37. The van der Waals surface area contributed by atoms with Gasteiger partial charge in [0.25, 0.3) is 0 Å². The van der Waals surface area contributed by atoms with Crippen molar-refractivity contribution in [2.45, 2.75) is 51.9 Å². The van der Waals surface area contributed by atoms with E-state index in [1.54, 1.807) is 6.07 Å². The third-order valence-corrected chi connectivity index (χ3v) is 9.77. The molecule has 4 nitrogen and oxygen atoms in total. The normalized spacial score (nSPS) is 15.9. The molecule has 0 spiro atoms. The van der Waals surface area contributed by atoms with E-state index in [4.69, 9.17) is 9.53 Å². The summed E-state index contributed by atoms with van der Waals surface area (Å²) in [4.78, 5) is 12.4. The molecule has 2 rings (SSSR count). The molecule has 0 aliphatic carbocycles.